The lowest BCUT2D eigenvalue weighted by atomic mass is 10.1. The fraction of sp³-hybridized carbons (Fsp3) is 0.476. The third-order valence-electron chi connectivity index (χ3n) is 5.53. The quantitative estimate of drug-likeness (QED) is 0.813. The van der Waals surface area contributed by atoms with Crippen LogP contribution in [0, 0.1) is 11.3 Å². The fourth-order valence-electron chi connectivity index (χ4n) is 3.99. The number of rotatable bonds is 4. The van der Waals surface area contributed by atoms with Crippen LogP contribution in [0.1, 0.15) is 19.3 Å². The summed E-state index contributed by atoms with van der Waals surface area (Å²) in [5.74, 6) is 0.484. The Balaban J connectivity index is 1.31. The molecule has 3 heterocycles. The van der Waals surface area contributed by atoms with E-state index in [1.54, 1.807) is 6.20 Å². The second-order valence-corrected chi connectivity index (χ2v) is 7.45. The molecule has 1 aromatic carbocycles. The highest BCUT2D eigenvalue weighted by Gasteiger charge is 2.36. The SMILES string of the molecule is N#CC1C[C@H](F)CN1C(=O)CN1CCC(Oc2nccc3ccccc23)CC1. The molecule has 28 heavy (non-hydrogen) atoms. The lowest BCUT2D eigenvalue weighted by Crippen LogP contribution is -2.46. The van der Waals surface area contributed by atoms with E-state index in [4.69, 9.17) is 10.00 Å². The molecule has 2 aliphatic rings. The number of nitriles is 1. The zero-order valence-electron chi connectivity index (χ0n) is 15.6. The largest absolute Gasteiger partial charge is 0.474 e. The van der Waals surface area contributed by atoms with Gasteiger partial charge in [0, 0.05) is 31.1 Å². The van der Waals surface area contributed by atoms with E-state index in [0.717, 1.165) is 36.7 Å². The van der Waals surface area contributed by atoms with Gasteiger partial charge in [-0.25, -0.2) is 9.37 Å². The van der Waals surface area contributed by atoms with Crippen LogP contribution in [0.5, 0.6) is 5.88 Å². The molecule has 2 saturated heterocycles. The summed E-state index contributed by atoms with van der Waals surface area (Å²) in [5.41, 5.74) is 0. The van der Waals surface area contributed by atoms with E-state index >= 15 is 0 Å². The number of halogens is 1. The molecule has 2 aliphatic heterocycles. The van der Waals surface area contributed by atoms with E-state index in [9.17, 15) is 9.18 Å². The summed E-state index contributed by atoms with van der Waals surface area (Å²) < 4.78 is 19.7. The van der Waals surface area contributed by atoms with Crippen LogP contribution in [0.3, 0.4) is 0 Å². The van der Waals surface area contributed by atoms with Crippen LogP contribution in [0.25, 0.3) is 10.8 Å². The number of ether oxygens (including phenoxy) is 1. The van der Waals surface area contributed by atoms with E-state index in [0.29, 0.717) is 5.88 Å². The van der Waals surface area contributed by atoms with Crippen LogP contribution < -0.4 is 4.74 Å². The first-order chi connectivity index (χ1) is 13.6. The van der Waals surface area contributed by atoms with Gasteiger partial charge in [-0.05, 0) is 30.4 Å². The molecule has 6 nitrogen and oxygen atoms in total. The van der Waals surface area contributed by atoms with Crippen LogP contribution in [0.15, 0.2) is 36.5 Å². The third-order valence-corrected chi connectivity index (χ3v) is 5.53. The Bertz CT molecular complexity index is 886. The lowest BCUT2D eigenvalue weighted by molar-refractivity contribution is -0.133. The Morgan fingerprint density at radius 2 is 2.07 bits per heavy atom. The molecule has 2 fully saturated rings. The van der Waals surface area contributed by atoms with Crippen molar-refractivity contribution < 1.29 is 13.9 Å². The van der Waals surface area contributed by atoms with Crippen LogP contribution in [0.4, 0.5) is 4.39 Å². The minimum absolute atomic E-state index is 0.0311. The first-order valence-electron chi connectivity index (χ1n) is 9.70. The highest BCUT2D eigenvalue weighted by molar-refractivity contribution is 5.86. The van der Waals surface area contributed by atoms with Crippen molar-refractivity contribution in [1.82, 2.24) is 14.8 Å². The summed E-state index contributed by atoms with van der Waals surface area (Å²) in [6.07, 6.45) is 2.43. The van der Waals surface area contributed by atoms with Gasteiger partial charge in [-0.3, -0.25) is 9.69 Å². The molecule has 1 amide bonds. The Morgan fingerprint density at radius 3 is 2.86 bits per heavy atom. The van der Waals surface area contributed by atoms with Crippen molar-refractivity contribution in [2.75, 3.05) is 26.2 Å². The number of benzene rings is 1. The summed E-state index contributed by atoms with van der Waals surface area (Å²) in [4.78, 5) is 20.3. The van der Waals surface area contributed by atoms with Crippen molar-refractivity contribution >= 4 is 16.7 Å². The molecule has 1 aromatic heterocycles. The summed E-state index contributed by atoms with van der Waals surface area (Å²) >= 11 is 0. The van der Waals surface area contributed by atoms with Crippen LogP contribution in [-0.2, 0) is 4.79 Å². The standard InChI is InChI=1S/C21H23FN4O2/c22-16-11-17(12-23)26(13-16)20(27)14-25-9-6-18(7-10-25)28-21-19-4-2-1-3-15(19)5-8-24-21/h1-5,8,16-18H,6-7,9-11,13-14H2/t16-,17?/m0/s1. The zero-order chi connectivity index (χ0) is 19.5. The van der Waals surface area contributed by atoms with Gasteiger partial charge in [-0.2, -0.15) is 5.26 Å². The molecule has 7 heteroatoms. The van der Waals surface area contributed by atoms with Crippen LogP contribution in [0.2, 0.25) is 0 Å². The number of nitrogens with zero attached hydrogens (tertiary/aromatic N) is 4. The van der Waals surface area contributed by atoms with Crippen molar-refractivity contribution in [3.63, 3.8) is 0 Å². The number of likely N-dealkylation sites (tertiary alicyclic amines) is 2. The highest BCUT2D eigenvalue weighted by Crippen LogP contribution is 2.26. The molecule has 4 rings (SSSR count). The molecule has 1 unspecified atom stereocenters. The molecule has 0 spiro atoms. The number of carbonyl (C=O) groups excluding carboxylic acids is 1. The number of pyridine rings is 1. The molecular weight excluding hydrogens is 359 g/mol. The van der Waals surface area contributed by atoms with Gasteiger partial charge in [-0.1, -0.05) is 18.2 Å². The van der Waals surface area contributed by atoms with Gasteiger partial charge in [-0.15, -0.1) is 0 Å². The van der Waals surface area contributed by atoms with Crippen LogP contribution in [-0.4, -0.2) is 65.2 Å². The number of hydrogen-bond donors (Lipinski definition) is 0. The average molecular weight is 382 g/mol. The van der Waals surface area contributed by atoms with Gasteiger partial charge < -0.3 is 9.64 Å². The van der Waals surface area contributed by atoms with E-state index in [1.807, 2.05) is 36.4 Å². The molecule has 2 atom stereocenters. The van der Waals surface area contributed by atoms with Crippen molar-refractivity contribution in [3.8, 4) is 11.9 Å². The minimum Gasteiger partial charge on any atom is -0.474 e. The molecule has 146 valence electrons. The predicted octanol–water partition coefficient (Wildman–Crippen LogP) is 2.54. The van der Waals surface area contributed by atoms with Gasteiger partial charge in [0.2, 0.25) is 11.8 Å². The second-order valence-electron chi connectivity index (χ2n) is 7.45. The number of fused-ring (bicyclic) bond motifs is 1. The minimum atomic E-state index is -1.10. The van der Waals surface area contributed by atoms with Gasteiger partial charge >= 0.3 is 0 Å². The summed E-state index contributed by atoms with van der Waals surface area (Å²) in [6, 6.07) is 11.4. The van der Waals surface area contributed by atoms with E-state index in [-0.39, 0.29) is 31.5 Å². The average Bonchev–Trinajstić information content (AvgIpc) is 3.11. The molecular formula is C21H23FN4O2. The second kappa shape index (κ2) is 8.11. The number of hydrogen-bond acceptors (Lipinski definition) is 5. The van der Waals surface area contributed by atoms with Crippen molar-refractivity contribution in [3.05, 3.63) is 36.5 Å². The number of carbonyl (C=O) groups is 1. The highest BCUT2D eigenvalue weighted by atomic mass is 19.1. The maximum absolute atomic E-state index is 13.5. The number of piperidine rings is 1. The summed E-state index contributed by atoms with van der Waals surface area (Å²) in [5, 5.41) is 11.2. The monoisotopic (exact) mass is 382 g/mol. The van der Waals surface area contributed by atoms with Gasteiger partial charge in [0.15, 0.2) is 0 Å². The summed E-state index contributed by atoms with van der Waals surface area (Å²) in [7, 11) is 0. The van der Waals surface area contributed by atoms with E-state index < -0.39 is 12.2 Å². The fourth-order valence-corrected chi connectivity index (χ4v) is 3.99. The third kappa shape index (κ3) is 3.92. The van der Waals surface area contributed by atoms with Crippen molar-refractivity contribution in [2.24, 2.45) is 0 Å². The topological polar surface area (TPSA) is 69.5 Å². The normalized spacial score (nSPS) is 23.6. The summed E-state index contributed by atoms with van der Waals surface area (Å²) in [6.45, 7) is 1.71. The van der Waals surface area contributed by atoms with E-state index in [2.05, 4.69) is 9.88 Å². The van der Waals surface area contributed by atoms with Crippen LogP contribution >= 0.6 is 0 Å². The predicted molar refractivity (Wildman–Crippen MR) is 102 cm³/mol. The Hall–Kier alpha value is -2.72. The number of alkyl halides is 1. The zero-order valence-corrected chi connectivity index (χ0v) is 15.6. The number of amides is 1. The molecule has 0 N–H and O–H groups in total. The molecule has 0 saturated carbocycles. The Labute approximate surface area is 163 Å². The maximum atomic E-state index is 13.5. The molecule has 2 aromatic rings. The molecule has 0 aliphatic carbocycles. The maximum Gasteiger partial charge on any atom is 0.237 e. The van der Waals surface area contributed by atoms with Gasteiger partial charge in [0.25, 0.3) is 0 Å². The first-order valence-corrected chi connectivity index (χ1v) is 9.70. The van der Waals surface area contributed by atoms with Crippen molar-refractivity contribution in [1.29, 1.82) is 5.26 Å². The smallest absolute Gasteiger partial charge is 0.237 e. The first kappa shape index (κ1) is 18.6. The van der Waals surface area contributed by atoms with Gasteiger partial charge in [0.05, 0.1) is 19.2 Å². The molecule has 0 bridgehead atoms. The molecule has 0 radical (unpaired) electrons. The number of aromatic nitrogens is 1. The lowest BCUT2D eigenvalue weighted by Gasteiger charge is -2.32. The van der Waals surface area contributed by atoms with E-state index in [1.165, 1.54) is 4.90 Å². The Morgan fingerprint density at radius 1 is 1.29 bits per heavy atom. The Kier molecular flexibility index (Phi) is 5.40. The van der Waals surface area contributed by atoms with Crippen molar-refractivity contribution in [2.45, 2.75) is 37.6 Å². The van der Waals surface area contributed by atoms with Gasteiger partial charge in [0.1, 0.15) is 18.3 Å².